The first kappa shape index (κ1) is 11.5. The number of rotatable bonds is 1. The maximum absolute atomic E-state index is 8.57. The minimum Gasteiger partial charge on any atom is -0.384 e. The minimum atomic E-state index is -0.172. The van der Waals surface area contributed by atoms with Gasteiger partial charge in [0, 0.05) is 5.56 Å². The van der Waals surface area contributed by atoms with E-state index in [0.29, 0.717) is 0 Å². The van der Waals surface area contributed by atoms with Crippen LogP contribution >= 0.6 is 0 Å². The summed E-state index contributed by atoms with van der Waals surface area (Å²) in [5.74, 6) is 5.28. The Balaban J connectivity index is 2.93. The number of hydrogen-bond acceptors (Lipinski definition) is 3. The normalized spacial score (nSPS) is 7.94. The SMILES string of the molecule is N#CC(C#N)=Cc1ccc(C#CCO)cc1. The quantitative estimate of drug-likeness (QED) is 0.561. The molecule has 0 saturated carbocycles. The Morgan fingerprint density at radius 1 is 1.19 bits per heavy atom. The second-order valence-electron chi connectivity index (χ2n) is 2.86. The largest absolute Gasteiger partial charge is 0.384 e. The summed E-state index contributed by atoms with van der Waals surface area (Å²) in [5, 5.41) is 25.6. The predicted molar refractivity (Wildman–Crippen MR) is 59.6 cm³/mol. The Hall–Kier alpha value is -2.54. The Bertz CT molecular complexity index is 515. The molecule has 0 saturated heterocycles. The second kappa shape index (κ2) is 6.04. The van der Waals surface area contributed by atoms with Crippen LogP contribution in [0.5, 0.6) is 0 Å². The lowest BCUT2D eigenvalue weighted by molar-refractivity contribution is 0.350. The summed E-state index contributed by atoms with van der Waals surface area (Å²) in [7, 11) is 0. The van der Waals surface area contributed by atoms with Crippen LogP contribution in [0.1, 0.15) is 11.1 Å². The molecule has 0 aromatic heterocycles. The standard InChI is InChI=1S/C13H8N2O/c14-9-13(10-15)8-12-5-3-11(4-6-12)2-1-7-16/h3-6,8,16H,7H2. The lowest BCUT2D eigenvalue weighted by Gasteiger charge is -1.93. The summed E-state index contributed by atoms with van der Waals surface area (Å²) < 4.78 is 0. The first-order valence-corrected chi connectivity index (χ1v) is 4.52. The van der Waals surface area contributed by atoms with Gasteiger partial charge in [0.15, 0.2) is 0 Å². The van der Waals surface area contributed by atoms with Crippen LogP contribution < -0.4 is 0 Å². The third-order valence-electron chi connectivity index (χ3n) is 1.77. The van der Waals surface area contributed by atoms with Crippen LogP contribution in [0.2, 0.25) is 0 Å². The van der Waals surface area contributed by atoms with Crippen molar-refractivity contribution in [2.45, 2.75) is 0 Å². The van der Waals surface area contributed by atoms with Crippen molar-refractivity contribution in [3.8, 4) is 24.0 Å². The van der Waals surface area contributed by atoms with Gasteiger partial charge in [-0.1, -0.05) is 24.0 Å². The third-order valence-corrected chi connectivity index (χ3v) is 1.77. The fourth-order valence-corrected chi connectivity index (χ4v) is 1.06. The van der Waals surface area contributed by atoms with Gasteiger partial charge in [-0.2, -0.15) is 10.5 Å². The minimum absolute atomic E-state index is 0.0641. The van der Waals surface area contributed by atoms with E-state index in [2.05, 4.69) is 11.8 Å². The van der Waals surface area contributed by atoms with Crippen LogP contribution in [-0.4, -0.2) is 11.7 Å². The van der Waals surface area contributed by atoms with E-state index in [1.54, 1.807) is 36.4 Å². The molecule has 0 aliphatic rings. The molecule has 0 aliphatic carbocycles. The molecule has 1 rings (SSSR count). The molecule has 3 heteroatoms. The van der Waals surface area contributed by atoms with E-state index >= 15 is 0 Å². The number of aliphatic hydroxyl groups is 1. The van der Waals surface area contributed by atoms with Crippen LogP contribution in [0.25, 0.3) is 6.08 Å². The van der Waals surface area contributed by atoms with Gasteiger partial charge in [0.2, 0.25) is 0 Å². The molecule has 1 aromatic rings. The smallest absolute Gasteiger partial charge is 0.130 e. The molecule has 0 heterocycles. The summed E-state index contributed by atoms with van der Waals surface area (Å²) in [6.45, 7) is -0.172. The highest BCUT2D eigenvalue weighted by Crippen LogP contribution is 2.07. The summed E-state index contributed by atoms with van der Waals surface area (Å²) in [4.78, 5) is 0. The van der Waals surface area contributed by atoms with Crippen LogP contribution in [0.15, 0.2) is 29.8 Å². The maximum atomic E-state index is 8.57. The third kappa shape index (κ3) is 3.31. The molecule has 0 atom stereocenters. The molecule has 0 radical (unpaired) electrons. The Morgan fingerprint density at radius 3 is 2.31 bits per heavy atom. The zero-order valence-corrected chi connectivity index (χ0v) is 8.44. The highest BCUT2D eigenvalue weighted by Gasteiger charge is 1.93. The van der Waals surface area contributed by atoms with Crippen molar-refractivity contribution in [3.05, 3.63) is 41.0 Å². The first-order valence-electron chi connectivity index (χ1n) is 4.52. The molecule has 0 bridgehead atoms. The van der Waals surface area contributed by atoms with E-state index in [1.807, 2.05) is 0 Å². The number of hydrogen-bond donors (Lipinski definition) is 1. The highest BCUT2D eigenvalue weighted by atomic mass is 16.2. The van der Waals surface area contributed by atoms with Gasteiger partial charge in [0.1, 0.15) is 24.3 Å². The van der Waals surface area contributed by atoms with Crippen LogP contribution in [0.4, 0.5) is 0 Å². The molecule has 0 spiro atoms. The van der Waals surface area contributed by atoms with Crippen molar-refractivity contribution in [2.24, 2.45) is 0 Å². The molecule has 0 unspecified atom stereocenters. The average Bonchev–Trinajstić information content (AvgIpc) is 2.35. The van der Waals surface area contributed by atoms with Crippen molar-refractivity contribution in [1.29, 1.82) is 10.5 Å². The highest BCUT2D eigenvalue weighted by molar-refractivity contribution is 5.62. The van der Waals surface area contributed by atoms with E-state index in [-0.39, 0.29) is 12.2 Å². The average molecular weight is 208 g/mol. The molecule has 3 nitrogen and oxygen atoms in total. The number of allylic oxidation sites excluding steroid dienone is 1. The van der Waals surface area contributed by atoms with Gasteiger partial charge in [0.25, 0.3) is 0 Å². The number of aliphatic hydroxyl groups excluding tert-OH is 1. The van der Waals surface area contributed by atoms with Crippen molar-refractivity contribution in [2.75, 3.05) is 6.61 Å². The van der Waals surface area contributed by atoms with Crippen molar-refractivity contribution in [3.63, 3.8) is 0 Å². The summed E-state index contributed by atoms with van der Waals surface area (Å²) in [6.07, 6.45) is 1.50. The first-order chi connectivity index (χ1) is 7.80. The van der Waals surface area contributed by atoms with Gasteiger partial charge in [-0.3, -0.25) is 0 Å². The monoisotopic (exact) mass is 208 g/mol. The summed E-state index contributed by atoms with van der Waals surface area (Å²) in [5.41, 5.74) is 1.61. The summed E-state index contributed by atoms with van der Waals surface area (Å²) in [6, 6.07) is 10.6. The van der Waals surface area contributed by atoms with Crippen LogP contribution in [-0.2, 0) is 0 Å². The fraction of sp³-hybridized carbons (Fsp3) is 0.0769. The maximum Gasteiger partial charge on any atom is 0.130 e. The van der Waals surface area contributed by atoms with E-state index in [9.17, 15) is 0 Å². The summed E-state index contributed by atoms with van der Waals surface area (Å²) >= 11 is 0. The molecule has 1 N–H and O–H groups in total. The fourth-order valence-electron chi connectivity index (χ4n) is 1.06. The van der Waals surface area contributed by atoms with E-state index in [4.69, 9.17) is 15.6 Å². The van der Waals surface area contributed by atoms with Crippen molar-refractivity contribution < 1.29 is 5.11 Å². The van der Waals surface area contributed by atoms with E-state index < -0.39 is 0 Å². The molecule has 16 heavy (non-hydrogen) atoms. The molecule has 0 fully saturated rings. The molecule has 1 aromatic carbocycles. The molecule has 0 amide bonds. The van der Waals surface area contributed by atoms with Gasteiger partial charge in [0.05, 0.1) is 0 Å². The van der Waals surface area contributed by atoms with Gasteiger partial charge < -0.3 is 5.11 Å². The van der Waals surface area contributed by atoms with Gasteiger partial charge in [-0.05, 0) is 23.8 Å². The zero-order chi connectivity index (χ0) is 11.8. The van der Waals surface area contributed by atoms with Crippen molar-refractivity contribution >= 4 is 6.08 Å². The number of nitriles is 2. The Morgan fingerprint density at radius 2 is 1.81 bits per heavy atom. The van der Waals surface area contributed by atoms with Gasteiger partial charge in [-0.25, -0.2) is 0 Å². The zero-order valence-electron chi connectivity index (χ0n) is 8.44. The number of nitrogens with zero attached hydrogens (tertiary/aromatic N) is 2. The molecular formula is C13H8N2O. The van der Waals surface area contributed by atoms with E-state index in [0.717, 1.165) is 11.1 Å². The second-order valence-corrected chi connectivity index (χ2v) is 2.86. The van der Waals surface area contributed by atoms with Crippen LogP contribution in [0, 0.1) is 34.5 Å². The molecular weight excluding hydrogens is 200 g/mol. The Labute approximate surface area is 93.9 Å². The topological polar surface area (TPSA) is 67.8 Å². The predicted octanol–water partition coefficient (Wildman–Crippen LogP) is 1.46. The molecule has 76 valence electrons. The van der Waals surface area contributed by atoms with E-state index in [1.165, 1.54) is 6.08 Å². The van der Waals surface area contributed by atoms with Crippen molar-refractivity contribution in [1.82, 2.24) is 0 Å². The Kier molecular flexibility index (Phi) is 4.35. The number of benzene rings is 1. The van der Waals surface area contributed by atoms with Crippen LogP contribution in [0.3, 0.4) is 0 Å². The van der Waals surface area contributed by atoms with Gasteiger partial charge in [-0.15, -0.1) is 0 Å². The lowest BCUT2D eigenvalue weighted by atomic mass is 10.1. The lowest BCUT2D eigenvalue weighted by Crippen LogP contribution is -1.79. The molecule has 0 aliphatic heterocycles. The van der Waals surface area contributed by atoms with Gasteiger partial charge >= 0.3 is 0 Å².